The zero-order chi connectivity index (χ0) is 23.9. The number of aromatic carboxylic acids is 1. The minimum absolute atomic E-state index is 0.0699. The van der Waals surface area contributed by atoms with Gasteiger partial charge in [0.1, 0.15) is 5.82 Å². The second-order valence-electron chi connectivity index (χ2n) is 10.3. The molecule has 2 aliphatic rings. The van der Waals surface area contributed by atoms with Crippen LogP contribution in [0.1, 0.15) is 56.2 Å². The van der Waals surface area contributed by atoms with Gasteiger partial charge in [0.2, 0.25) is 5.91 Å². The van der Waals surface area contributed by atoms with Crippen LogP contribution in [0.4, 0.5) is 5.82 Å². The van der Waals surface area contributed by atoms with Gasteiger partial charge in [-0.25, -0.2) is 9.78 Å². The van der Waals surface area contributed by atoms with Crippen LogP contribution in [0.5, 0.6) is 0 Å². The summed E-state index contributed by atoms with van der Waals surface area (Å²) >= 11 is 0. The number of fused-ring (bicyclic) bond motifs is 1. The van der Waals surface area contributed by atoms with Crippen LogP contribution in [0, 0.1) is 0 Å². The highest BCUT2D eigenvalue weighted by Gasteiger charge is 2.33. The number of carbonyl (C=O) groups is 2. The molecule has 33 heavy (non-hydrogen) atoms. The molecule has 0 unspecified atom stereocenters. The second-order valence-corrected chi connectivity index (χ2v) is 10.3. The Morgan fingerprint density at radius 3 is 2.42 bits per heavy atom. The van der Waals surface area contributed by atoms with E-state index in [4.69, 9.17) is 10.2 Å². The average Bonchev–Trinajstić information content (AvgIpc) is 3.20. The first kappa shape index (κ1) is 23.2. The molecule has 9 nitrogen and oxygen atoms in total. The van der Waals surface area contributed by atoms with E-state index >= 15 is 0 Å². The quantitative estimate of drug-likeness (QED) is 0.757. The molecule has 0 aliphatic carbocycles. The number of nitrogens with zero attached hydrogens (tertiary/aromatic N) is 6. The van der Waals surface area contributed by atoms with Crippen LogP contribution < -0.4 is 4.90 Å². The van der Waals surface area contributed by atoms with E-state index in [0.717, 1.165) is 36.6 Å². The molecule has 0 aromatic carbocycles. The predicted octanol–water partition coefficient (Wildman–Crippen LogP) is 2.22. The number of amides is 1. The van der Waals surface area contributed by atoms with Crippen molar-refractivity contribution in [1.82, 2.24) is 24.6 Å². The lowest BCUT2D eigenvalue weighted by Crippen LogP contribution is -2.59. The highest BCUT2D eigenvalue weighted by atomic mass is 16.4. The number of hydrogen-bond acceptors (Lipinski definition) is 6. The van der Waals surface area contributed by atoms with E-state index in [9.17, 15) is 9.59 Å². The van der Waals surface area contributed by atoms with E-state index in [1.807, 2.05) is 9.58 Å². The first-order chi connectivity index (χ1) is 15.5. The number of piperazine rings is 1. The first-order valence-electron chi connectivity index (χ1n) is 11.6. The summed E-state index contributed by atoms with van der Waals surface area (Å²) in [6.07, 6.45) is 4.28. The van der Waals surface area contributed by atoms with E-state index < -0.39 is 5.97 Å². The minimum Gasteiger partial charge on any atom is -0.478 e. The van der Waals surface area contributed by atoms with Crippen LogP contribution in [0.2, 0.25) is 0 Å². The molecule has 1 saturated heterocycles. The molecule has 1 fully saturated rings. The fraction of sp³-hybridized carbons (Fsp3) is 0.583. The summed E-state index contributed by atoms with van der Waals surface area (Å²) < 4.78 is 2.01. The maximum Gasteiger partial charge on any atom is 0.337 e. The van der Waals surface area contributed by atoms with Crippen LogP contribution in [0.15, 0.2) is 24.5 Å². The van der Waals surface area contributed by atoms with Crippen molar-refractivity contribution in [3.63, 3.8) is 0 Å². The van der Waals surface area contributed by atoms with Crippen LogP contribution in [0.3, 0.4) is 0 Å². The Bertz CT molecular complexity index is 1010. The van der Waals surface area contributed by atoms with E-state index in [1.165, 1.54) is 6.20 Å². The number of aromatic nitrogens is 3. The summed E-state index contributed by atoms with van der Waals surface area (Å²) in [5.41, 5.74) is 2.36. The van der Waals surface area contributed by atoms with Gasteiger partial charge >= 0.3 is 5.97 Å². The van der Waals surface area contributed by atoms with Crippen molar-refractivity contribution in [2.45, 2.75) is 65.2 Å². The number of carboxylic acid groups (broad SMARTS) is 1. The van der Waals surface area contributed by atoms with Crippen molar-refractivity contribution >= 4 is 17.7 Å². The lowest BCUT2D eigenvalue weighted by molar-refractivity contribution is -0.134. The normalized spacial score (nSPS) is 21.7. The summed E-state index contributed by atoms with van der Waals surface area (Å²) in [6.45, 7) is 13.8. The molecule has 2 aromatic rings. The number of hydrogen-bond donors (Lipinski definition) is 1. The molecule has 4 heterocycles. The lowest BCUT2D eigenvalue weighted by Gasteiger charge is -2.45. The van der Waals surface area contributed by atoms with E-state index in [1.54, 1.807) is 12.1 Å². The van der Waals surface area contributed by atoms with Gasteiger partial charge in [0.05, 0.1) is 23.3 Å². The molecule has 0 spiro atoms. The van der Waals surface area contributed by atoms with Crippen molar-refractivity contribution in [3.05, 3.63) is 41.3 Å². The van der Waals surface area contributed by atoms with E-state index in [2.05, 4.69) is 55.6 Å². The molecule has 178 valence electrons. The molecule has 2 aromatic heterocycles. The van der Waals surface area contributed by atoms with Crippen LogP contribution >= 0.6 is 0 Å². The van der Waals surface area contributed by atoms with Crippen molar-refractivity contribution in [3.8, 4) is 0 Å². The number of carbonyl (C=O) groups excluding carboxylic acids is 1. The number of pyridine rings is 1. The summed E-state index contributed by atoms with van der Waals surface area (Å²) in [4.78, 5) is 35.0. The fourth-order valence-corrected chi connectivity index (χ4v) is 4.68. The molecule has 9 heteroatoms. The third-order valence-electron chi connectivity index (χ3n) is 6.64. The van der Waals surface area contributed by atoms with Crippen LogP contribution in [0.25, 0.3) is 0 Å². The molecule has 0 saturated carbocycles. The minimum atomic E-state index is -0.977. The monoisotopic (exact) mass is 454 g/mol. The lowest BCUT2D eigenvalue weighted by atomic mass is 10.1. The molecule has 4 rings (SSSR count). The van der Waals surface area contributed by atoms with Gasteiger partial charge < -0.3 is 14.9 Å². The Morgan fingerprint density at radius 2 is 1.85 bits per heavy atom. The fourth-order valence-electron chi connectivity index (χ4n) is 4.68. The number of anilines is 1. The van der Waals surface area contributed by atoms with Gasteiger partial charge in [-0.2, -0.15) is 5.10 Å². The number of rotatable bonds is 4. The summed E-state index contributed by atoms with van der Waals surface area (Å²) in [5.74, 6) is -0.0564. The van der Waals surface area contributed by atoms with Gasteiger partial charge in [0, 0.05) is 62.6 Å². The Morgan fingerprint density at radius 1 is 1.15 bits per heavy atom. The Hall–Kier alpha value is -2.94. The maximum atomic E-state index is 13.2. The molecular formula is C24H34N6O3. The average molecular weight is 455 g/mol. The first-order valence-corrected chi connectivity index (χ1v) is 11.6. The second kappa shape index (κ2) is 8.78. The van der Waals surface area contributed by atoms with Crippen molar-refractivity contribution in [1.29, 1.82) is 0 Å². The van der Waals surface area contributed by atoms with Crippen molar-refractivity contribution in [2.24, 2.45) is 0 Å². The summed E-state index contributed by atoms with van der Waals surface area (Å²) in [6, 6.07) is 3.68. The third kappa shape index (κ3) is 4.88. The van der Waals surface area contributed by atoms with Gasteiger partial charge in [-0.1, -0.05) is 0 Å². The Labute approximate surface area is 195 Å². The van der Waals surface area contributed by atoms with Gasteiger partial charge in [0.25, 0.3) is 0 Å². The summed E-state index contributed by atoms with van der Waals surface area (Å²) in [5, 5.41) is 13.8. The standard InChI is InChI=1S/C24H34N6O3/c1-16-11-28(21-7-6-18(10-25-21)23(32)33)12-17(2)29(16)15-22(31)27-9-8-20-19(13-27)14-30(26-20)24(3,4)5/h6-7,10,14,16-17H,8-9,11-13,15H2,1-5H3,(H,32,33)/t16-,17+. The van der Waals surface area contributed by atoms with E-state index in [-0.39, 0.29) is 29.1 Å². The van der Waals surface area contributed by atoms with Crippen molar-refractivity contribution in [2.75, 3.05) is 31.1 Å². The summed E-state index contributed by atoms with van der Waals surface area (Å²) in [7, 11) is 0. The topological polar surface area (TPSA) is 94.8 Å². The Kier molecular flexibility index (Phi) is 6.18. The van der Waals surface area contributed by atoms with Crippen LogP contribution in [-0.2, 0) is 23.3 Å². The smallest absolute Gasteiger partial charge is 0.337 e. The zero-order valence-corrected chi connectivity index (χ0v) is 20.2. The van der Waals surface area contributed by atoms with Gasteiger partial charge in [-0.05, 0) is 46.8 Å². The molecular weight excluding hydrogens is 420 g/mol. The van der Waals surface area contributed by atoms with Gasteiger partial charge in [-0.3, -0.25) is 14.4 Å². The Balaban J connectivity index is 1.38. The predicted molar refractivity (Wildman–Crippen MR) is 125 cm³/mol. The molecule has 1 N–H and O–H groups in total. The molecule has 2 aliphatic heterocycles. The highest BCUT2D eigenvalue weighted by molar-refractivity contribution is 5.87. The highest BCUT2D eigenvalue weighted by Crippen LogP contribution is 2.24. The maximum absolute atomic E-state index is 13.2. The zero-order valence-electron chi connectivity index (χ0n) is 20.2. The molecule has 0 bridgehead atoms. The van der Waals surface area contributed by atoms with Crippen molar-refractivity contribution < 1.29 is 14.7 Å². The SMILES string of the molecule is C[C@@H]1CN(c2ccc(C(=O)O)cn2)C[C@H](C)N1CC(=O)N1CCc2nn(C(C)(C)C)cc2C1. The molecule has 0 radical (unpaired) electrons. The third-order valence-corrected chi connectivity index (χ3v) is 6.64. The largest absolute Gasteiger partial charge is 0.478 e. The van der Waals surface area contributed by atoms with E-state index in [0.29, 0.717) is 19.6 Å². The molecule has 1 amide bonds. The molecule has 2 atom stereocenters. The van der Waals surface area contributed by atoms with Crippen LogP contribution in [-0.4, -0.2) is 79.8 Å². The van der Waals surface area contributed by atoms with Gasteiger partial charge in [0.15, 0.2) is 0 Å². The van der Waals surface area contributed by atoms with Gasteiger partial charge in [-0.15, -0.1) is 0 Å². The number of carboxylic acids is 1.